The van der Waals surface area contributed by atoms with Gasteiger partial charge in [0.1, 0.15) is 10.4 Å². The van der Waals surface area contributed by atoms with Gasteiger partial charge >= 0.3 is 5.97 Å². The SMILES string of the molecule is CC(C)[C@H](C(=O)O)N1C(=O)/C(=C/c2ccc3c(c2)OCO3)SC1=S. The largest absolute Gasteiger partial charge is 0.480 e. The highest BCUT2D eigenvalue weighted by Gasteiger charge is 2.41. The Kier molecular flexibility index (Phi) is 4.51. The minimum Gasteiger partial charge on any atom is -0.480 e. The minimum absolute atomic E-state index is 0.176. The summed E-state index contributed by atoms with van der Waals surface area (Å²) in [5, 5.41) is 9.41. The Morgan fingerprint density at radius 2 is 2.08 bits per heavy atom. The molecule has 0 spiro atoms. The third kappa shape index (κ3) is 2.99. The van der Waals surface area contributed by atoms with Crippen molar-refractivity contribution in [3.05, 3.63) is 28.7 Å². The van der Waals surface area contributed by atoms with Crippen molar-refractivity contribution in [1.82, 2.24) is 4.90 Å². The van der Waals surface area contributed by atoms with E-state index in [2.05, 4.69) is 0 Å². The molecule has 0 aliphatic carbocycles. The second-order valence-electron chi connectivity index (χ2n) is 5.69. The molecule has 2 aliphatic heterocycles. The van der Waals surface area contributed by atoms with E-state index in [1.807, 2.05) is 0 Å². The van der Waals surface area contributed by atoms with Crippen LogP contribution in [0.15, 0.2) is 23.1 Å². The summed E-state index contributed by atoms with van der Waals surface area (Å²) in [6.07, 6.45) is 1.68. The van der Waals surface area contributed by atoms with E-state index < -0.39 is 12.0 Å². The molecule has 2 aliphatic rings. The quantitative estimate of drug-likeness (QED) is 0.649. The van der Waals surface area contributed by atoms with Gasteiger partial charge in [0.2, 0.25) is 6.79 Å². The van der Waals surface area contributed by atoms with Crippen LogP contribution >= 0.6 is 24.0 Å². The highest BCUT2D eigenvalue weighted by atomic mass is 32.2. The van der Waals surface area contributed by atoms with Gasteiger partial charge in [-0.05, 0) is 29.7 Å². The fraction of sp³-hybridized carbons (Fsp3) is 0.312. The number of amides is 1. The van der Waals surface area contributed by atoms with Crippen LogP contribution in [-0.4, -0.2) is 39.0 Å². The predicted molar refractivity (Wildman–Crippen MR) is 93.8 cm³/mol. The smallest absolute Gasteiger partial charge is 0.327 e. The van der Waals surface area contributed by atoms with Crippen LogP contribution in [0.2, 0.25) is 0 Å². The lowest BCUT2D eigenvalue weighted by Gasteiger charge is -2.26. The van der Waals surface area contributed by atoms with Crippen LogP contribution < -0.4 is 9.47 Å². The zero-order chi connectivity index (χ0) is 17.4. The highest BCUT2D eigenvalue weighted by molar-refractivity contribution is 8.26. The van der Waals surface area contributed by atoms with Crippen LogP contribution in [0.5, 0.6) is 11.5 Å². The van der Waals surface area contributed by atoms with Gasteiger partial charge in [0.25, 0.3) is 5.91 Å². The van der Waals surface area contributed by atoms with E-state index in [0.29, 0.717) is 16.4 Å². The fourth-order valence-corrected chi connectivity index (χ4v) is 3.90. The molecule has 1 fully saturated rings. The van der Waals surface area contributed by atoms with Crippen LogP contribution in [0.3, 0.4) is 0 Å². The number of thiocarbonyl (C=S) groups is 1. The van der Waals surface area contributed by atoms with E-state index in [1.165, 1.54) is 4.90 Å². The maximum atomic E-state index is 12.6. The van der Waals surface area contributed by atoms with Crippen molar-refractivity contribution in [2.75, 3.05) is 6.79 Å². The highest BCUT2D eigenvalue weighted by Crippen LogP contribution is 2.37. The fourth-order valence-electron chi connectivity index (χ4n) is 2.57. The van der Waals surface area contributed by atoms with Gasteiger partial charge in [-0.3, -0.25) is 9.69 Å². The number of carbonyl (C=O) groups excluding carboxylic acids is 1. The van der Waals surface area contributed by atoms with Gasteiger partial charge in [-0.15, -0.1) is 0 Å². The van der Waals surface area contributed by atoms with E-state index in [0.717, 1.165) is 17.3 Å². The molecule has 0 bridgehead atoms. The van der Waals surface area contributed by atoms with Crippen LogP contribution in [0.1, 0.15) is 19.4 Å². The molecule has 0 radical (unpaired) electrons. The summed E-state index contributed by atoms with van der Waals surface area (Å²) in [5.74, 6) is -0.431. The van der Waals surface area contributed by atoms with Crippen LogP contribution in [0.4, 0.5) is 0 Å². The molecule has 2 heterocycles. The van der Waals surface area contributed by atoms with Crippen LogP contribution in [0.25, 0.3) is 6.08 Å². The van der Waals surface area contributed by atoms with Crippen molar-refractivity contribution in [2.24, 2.45) is 5.92 Å². The molecule has 126 valence electrons. The number of carboxylic acid groups (broad SMARTS) is 1. The summed E-state index contributed by atoms with van der Waals surface area (Å²) in [6, 6.07) is 4.37. The second kappa shape index (κ2) is 6.45. The number of rotatable bonds is 4. The number of thioether (sulfide) groups is 1. The zero-order valence-corrected chi connectivity index (χ0v) is 14.6. The van der Waals surface area contributed by atoms with Crippen LogP contribution in [-0.2, 0) is 9.59 Å². The monoisotopic (exact) mass is 365 g/mol. The third-order valence-electron chi connectivity index (χ3n) is 3.68. The molecule has 24 heavy (non-hydrogen) atoms. The first-order valence-electron chi connectivity index (χ1n) is 7.28. The maximum Gasteiger partial charge on any atom is 0.327 e. The number of aliphatic carboxylic acids is 1. The Morgan fingerprint density at radius 1 is 1.38 bits per heavy atom. The number of hydrogen-bond acceptors (Lipinski definition) is 6. The Morgan fingerprint density at radius 3 is 2.75 bits per heavy atom. The normalized spacial score (nSPS) is 19.5. The molecule has 0 unspecified atom stereocenters. The number of carbonyl (C=O) groups is 2. The maximum absolute atomic E-state index is 12.6. The summed E-state index contributed by atoms with van der Waals surface area (Å²) in [6.45, 7) is 3.67. The average molecular weight is 365 g/mol. The second-order valence-corrected chi connectivity index (χ2v) is 7.37. The predicted octanol–water partition coefficient (Wildman–Crippen LogP) is 2.73. The van der Waals surface area contributed by atoms with E-state index in [1.54, 1.807) is 38.1 Å². The lowest BCUT2D eigenvalue weighted by molar-refractivity contribution is -0.146. The molecule has 3 rings (SSSR count). The zero-order valence-electron chi connectivity index (χ0n) is 13.0. The first-order valence-corrected chi connectivity index (χ1v) is 8.50. The summed E-state index contributed by atoms with van der Waals surface area (Å²) in [5.41, 5.74) is 0.760. The lowest BCUT2D eigenvalue weighted by Crippen LogP contribution is -2.47. The van der Waals surface area contributed by atoms with Crippen molar-refractivity contribution < 1.29 is 24.2 Å². The van der Waals surface area contributed by atoms with Gasteiger partial charge in [-0.25, -0.2) is 4.79 Å². The first kappa shape index (κ1) is 16.8. The van der Waals surface area contributed by atoms with Gasteiger partial charge in [0.05, 0.1) is 4.91 Å². The third-order valence-corrected chi connectivity index (χ3v) is 5.01. The number of fused-ring (bicyclic) bond motifs is 1. The molecule has 6 nitrogen and oxygen atoms in total. The molecular weight excluding hydrogens is 350 g/mol. The molecule has 1 aromatic carbocycles. The summed E-state index contributed by atoms with van der Waals surface area (Å²) < 4.78 is 10.8. The summed E-state index contributed by atoms with van der Waals surface area (Å²) in [4.78, 5) is 25.7. The summed E-state index contributed by atoms with van der Waals surface area (Å²) in [7, 11) is 0. The van der Waals surface area contributed by atoms with Crippen molar-refractivity contribution in [1.29, 1.82) is 0 Å². The number of benzene rings is 1. The number of hydrogen-bond donors (Lipinski definition) is 1. The number of carboxylic acids is 1. The molecule has 1 amide bonds. The van der Waals surface area contributed by atoms with E-state index >= 15 is 0 Å². The van der Waals surface area contributed by atoms with E-state index in [-0.39, 0.29) is 22.9 Å². The van der Waals surface area contributed by atoms with Gasteiger partial charge in [-0.1, -0.05) is 43.9 Å². The Labute approximate surface area is 148 Å². The van der Waals surface area contributed by atoms with Crippen molar-refractivity contribution in [3.8, 4) is 11.5 Å². The van der Waals surface area contributed by atoms with Crippen molar-refractivity contribution in [2.45, 2.75) is 19.9 Å². The Hall–Kier alpha value is -2.06. The van der Waals surface area contributed by atoms with Crippen molar-refractivity contribution >= 4 is 46.3 Å². The minimum atomic E-state index is -1.06. The van der Waals surface area contributed by atoms with Crippen molar-refractivity contribution in [3.63, 3.8) is 0 Å². The van der Waals surface area contributed by atoms with Crippen LogP contribution in [0, 0.1) is 5.92 Å². The number of ether oxygens (including phenoxy) is 2. The molecule has 1 aromatic rings. The molecule has 1 saturated heterocycles. The lowest BCUT2D eigenvalue weighted by atomic mass is 10.0. The standard InChI is InChI=1S/C16H15NO5S2/c1-8(2)13(15(19)20)17-14(18)12(24-16(17)23)6-9-3-4-10-11(5-9)22-7-21-10/h3-6,8,13H,7H2,1-2H3,(H,19,20)/b12-6-/t13-/m1/s1. The van der Waals surface area contributed by atoms with E-state index in [4.69, 9.17) is 21.7 Å². The molecule has 0 aromatic heterocycles. The Balaban J connectivity index is 1.89. The number of nitrogens with zero attached hydrogens (tertiary/aromatic N) is 1. The first-order chi connectivity index (χ1) is 11.4. The molecule has 1 N–H and O–H groups in total. The van der Waals surface area contributed by atoms with E-state index in [9.17, 15) is 14.7 Å². The van der Waals surface area contributed by atoms with Gasteiger partial charge in [-0.2, -0.15) is 0 Å². The Bertz CT molecular complexity index is 759. The molecule has 1 atom stereocenters. The van der Waals surface area contributed by atoms with Gasteiger partial charge < -0.3 is 14.6 Å². The molecular formula is C16H15NO5S2. The molecule has 8 heteroatoms. The van der Waals surface area contributed by atoms with Gasteiger partial charge in [0.15, 0.2) is 11.5 Å². The van der Waals surface area contributed by atoms with Gasteiger partial charge in [0, 0.05) is 0 Å². The molecule has 0 saturated carbocycles. The average Bonchev–Trinajstić information content (AvgIpc) is 3.06. The topological polar surface area (TPSA) is 76.1 Å². The summed E-state index contributed by atoms with van der Waals surface area (Å²) >= 11 is 6.33.